The van der Waals surface area contributed by atoms with E-state index in [9.17, 15) is 14.9 Å². The van der Waals surface area contributed by atoms with Gasteiger partial charge in [-0.15, -0.1) is 0 Å². The van der Waals surface area contributed by atoms with Crippen LogP contribution in [0.1, 0.15) is 15.9 Å². The Labute approximate surface area is 194 Å². The molecule has 0 radical (unpaired) electrons. The number of piperazine rings is 1. The first-order chi connectivity index (χ1) is 16.2. The summed E-state index contributed by atoms with van der Waals surface area (Å²) in [5, 5.41) is 28.0. The summed E-state index contributed by atoms with van der Waals surface area (Å²) in [6.45, 7) is 3.80. The number of aliphatic carboxylic acids is 2. The third kappa shape index (κ3) is 6.36. The average molecular weight is 465 g/mol. The van der Waals surface area contributed by atoms with Gasteiger partial charge in [0.05, 0.1) is 4.92 Å². The predicted molar refractivity (Wildman–Crippen MR) is 123 cm³/mol. The van der Waals surface area contributed by atoms with Crippen LogP contribution in [0.3, 0.4) is 0 Å². The maximum absolute atomic E-state index is 12.6. The Morgan fingerprint density at radius 1 is 0.824 bits per heavy atom. The van der Waals surface area contributed by atoms with Gasteiger partial charge in [-0.1, -0.05) is 36.4 Å². The van der Waals surface area contributed by atoms with Gasteiger partial charge in [-0.2, -0.15) is 0 Å². The highest BCUT2D eigenvalue weighted by Gasteiger charge is 2.22. The smallest absolute Gasteiger partial charge is 0.414 e. The molecule has 3 aromatic carbocycles. The van der Waals surface area contributed by atoms with Crippen LogP contribution in [0.5, 0.6) is 0 Å². The predicted octanol–water partition coefficient (Wildman–Crippen LogP) is 2.86. The average Bonchev–Trinajstić information content (AvgIpc) is 2.84. The molecule has 2 N–H and O–H groups in total. The fourth-order valence-electron chi connectivity index (χ4n) is 3.61. The summed E-state index contributed by atoms with van der Waals surface area (Å²) >= 11 is 0. The van der Waals surface area contributed by atoms with Crippen molar-refractivity contribution in [3.05, 3.63) is 88.0 Å². The molecule has 0 saturated carbocycles. The number of amides is 1. The van der Waals surface area contributed by atoms with Gasteiger partial charge >= 0.3 is 11.9 Å². The number of non-ortho nitro benzene ring substituents is 1. The van der Waals surface area contributed by atoms with Crippen LogP contribution in [-0.4, -0.2) is 69.0 Å². The first-order valence-electron chi connectivity index (χ1n) is 10.4. The number of nitro groups is 1. The summed E-state index contributed by atoms with van der Waals surface area (Å²) in [4.78, 5) is 45.3. The molecular weight excluding hydrogens is 442 g/mol. The highest BCUT2D eigenvalue weighted by molar-refractivity contribution is 6.27. The van der Waals surface area contributed by atoms with Crippen LogP contribution < -0.4 is 0 Å². The lowest BCUT2D eigenvalue weighted by Crippen LogP contribution is -2.48. The molecule has 1 amide bonds. The molecule has 0 bridgehead atoms. The van der Waals surface area contributed by atoms with E-state index in [1.807, 2.05) is 11.0 Å². The Hall–Kier alpha value is -4.31. The van der Waals surface area contributed by atoms with E-state index in [0.29, 0.717) is 18.7 Å². The van der Waals surface area contributed by atoms with Crippen molar-refractivity contribution in [1.29, 1.82) is 0 Å². The molecule has 3 aromatic rings. The molecule has 1 aliphatic heterocycles. The van der Waals surface area contributed by atoms with Crippen molar-refractivity contribution in [1.82, 2.24) is 9.80 Å². The van der Waals surface area contributed by atoms with Crippen molar-refractivity contribution in [2.75, 3.05) is 26.2 Å². The van der Waals surface area contributed by atoms with Crippen molar-refractivity contribution >= 4 is 34.3 Å². The van der Waals surface area contributed by atoms with Crippen LogP contribution in [0.25, 0.3) is 10.8 Å². The third-order valence-corrected chi connectivity index (χ3v) is 5.39. The molecule has 4 rings (SSSR count). The molecule has 1 fully saturated rings. The van der Waals surface area contributed by atoms with Crippen LogP contribution in [0, 0.1) is 10.1 Å². The Balaban J connectivity index is 0.000000481. The van der Waals surface area contributed by atoms with Crippen LogP contribution in [0.2, 0.25) is 0 Å². The van der Waals surface area contributed by atoms with Gasteiger partial charge in [-0.3, -0.25) is 19.8 Å². The Bertz CT molecular complexity index is 1190. The number of nitrogens with zero attached hydrogens (tertiary/aromatic N) is 3. The zero-order chi connectivity index (χ0) is 24.7. The normalized spacial score (nSPS) is 13.6. The number of hydrogen-bond donors (Lipinski definition) is 2. The molecule has 10 nitrogen and oxygen atoms in total. The van der Waals surface area contributed by atoms with Crippen molar-refractivity contribution < 1.29 is 29.5 Å². The zero-order valence-corrected chi connectivity index (χ0v) is 18.2. The molecular formula is C24H23N3O7. The molecule has 10 heteroatoms. The second-order valence-corrected chi connectivity index (χ2v) is 7.66. The Kier molecular flexibility index (Phi) is 7.88. The first kappa shape index (κ1) is 24.3. The number of rotatable bonds is 4. The molecule has 0 atom stereocenters. The molecule has 0 aliphatic carbocycles. The fourth-order valence-corrected chi connectivity index (χ4v) is 3.61. The van der Waals surface area contributed by atoms with Gasteiger partial charge in [0, 0.05) is 50.4 Å². The second kappa shape index (κ2) is 11.0. The summed E-state index contributed by atoms with van der Waals surface area (Å²) in [7, 11) is 0. The van der Waals surface area contributed by atoms with Crippen LogP contribution in [-0.2, 0) is 16.1 Å². The van der Waals surface area contributed by atoms with E-state index in [-0.39, 0.29) is 11.6 Å². The van der Waals surface area contributed by atoms with Gasteiger partial charge in [0.15, 0.2) is 0 Å². The summed E-state index contributed by atoms with van der Waals surface area (Å²) in [6.07, 6.45) is 0. The molecule has 34 heavy (non-hydrogen) atoms. The van der Waals surface area contributed by atoms with Gasteiger partial charge < -0.3 is 15.1 Å². The Morgan fingerprint density at radius 2 is 1.41 bits per heavy atom. The minimum atomic E-state index is -1.82. The van der Waals surface area contributed by atoms with Gasteiger partial charge in [0.1, 0.15) is 0 Å². The number of benzene rings is 3. The Morgan fingerprint density at radius 3 is 1.97 bits per heavy atom. The molecule has 0 unspecified atom stereocenters. The minimum Gasteiger partial charge on any atom is -0.473 e. The summed E-state index contributed by atoms with van der Waals surface area (Å²) in [5.74, 6) is -3.72. The SMILES string of the molecule is O=C(O)C(=O)O.O=C(c1ccc([N+](=O)[O-])cc1)N1CCN(Cc2ccc3ccccc3c2)CC1. The zero-order valence-electron chi connectivity index (χ0n) is 18.2. The molecule has 0 spiro atoms. The topological polar surface area (TPSA) is 141 Å². The van der Waals surface area contributed by atoms with Gasteiger partial charge in [0.2, 0.25) is 0 Å². The van der Waals surface area contributed by atoms with E-state index >= 15 is 0 Å². The number of carboxylic acid groups (broad SMARTS) is 2. The van der Waals surface area contributed by atoms with Crippen LogP contribution >= 0.6 is 0 Å². The minimum absolute atomic E-state index is 0.00301. The van der Waals surface area contributed by atoms with Crippen molar-refractivity contribution in [3.63, 3.8) is 0 Å². The molecule has 0 aromatic heterocycles. The van der Waals surface area contributed by atoms with Gasteiger partial charge in [-0.05, 0) is 34.5 Å². The lowest BCUT2D eigenvalue weighted by atomic mass is 10.1. The summed E-state index contributed by atoms with van der Waals surface area (Å²) in [5.41, 5.74) is 1.76. The third-order valence-electron chi connectivity index (χ3n) is 5.39. The second-order valence-electron chi connectivity index (χ2n) is 7.66. The van der Waals surface area contributed by atoms with Crippen molar-refractivity contribution in [2.24, 2.45) is 0 Å². The molecule has 1 aliphatic rings. The lowest BCUT2D eigenvalue weighted by molar-refractivity contribution is -0.384. The van der Waals surface area contributed by atoms with Crippen molar-refractivity contribution in [2.45, 2.75) is 6.54 Å². The van der Waals surface area contributed by atoms with E-state index in [1.165, 1.54) is 40.6 Å². The van der Waals surface area contributed by atoms with Gasteiger partial charge in [0.25, 0.3) is 11.6 Å². The van der Waals surface area contributed by atoms with E-state index in [1.54, 1.807) is 0 Å². The number of carbonyl (C=O) groups excluding carboxylic acids is 1. The van der Waals surface area contributed by atoms with Crippen LogP contribution in [0.15, 0.2) is 66.7 Å². The van der Waals surface area contributed by atoms with E-state index < -0.39 is 16.9 Å². The van der Waals surface area contributed by atoms with E-state index in [0.717, 1.165) is 19.6 Å². The van der Waals surface area contributed by atoms with Crippen molar-refractivity contribution in [3.8, 4) is 0 Å². The highest BCUT2D eigenvalue weighted by Crippen LogP contribution is 2.18. The largest absolute Gasteiger partial charge is 0.473 e. The van der Waals surface area contributed by atoms with E-state index in [2.05, 4.69) is 41.3 Å². The molecule has 1 saturated heterocycles. The number of fused-ring (bicyclic) bond motifs is 1. The van der Waals surface area contributed by atoms with E-state index in [4.69, 9.17) is 19.8 Å². The number of hydrogen-bond acceptors (Lipinski definition) is 6. The van der Waals surface area contributed by atoms with Gasteiger partial charge in [-0.25, -0.2) is 9.59 Å². The number of carbonyl (C=O) groups is 3. The van der Waals surface area contributed by atoms with Crippen LogP contribution in [0.4, 0.5) is 5.69 Å². The fraction of sp³-hybridized carbons (Fsp3) is 0.208. The monoisotopic (exact) mass is 465 g/mol. The lowest BCUT2D eigenvalue weighted by Gasteiger charge is -2.34. The summed E-state index contributed by atoms with van der Waals surface area (Å²) in [6, 6.07) is 20.7. The summed E-state index contributed by atoms with van der Waals surface area (Å²) < 4.78 is 0. The number of nitro benzene ring substituents is 1. The maximum atomic E-state index is 12.6. The maximum Gasteiger partial charge on any atom is 0.414 e. The quantitative estimate of drug-likeness (QED) is 0.340. The molecule has 1 heterocycles. The molecule has 176 valence electrons. The first-order valence-corrected chi connectivity index (χ1v) is 10.4. The standard InChI is InChI=1S/C22H21N3O3.C2H2O4/c26-22(19-7-9-21(10-8-19)25(27)28)24-13-11-23(12-14-24)16-17-5-6-18-3-1-2-4-20(18)15-17;3-1(4)2(5)6/h1-10,15H,11-14,16H2;(H,3,4)(H,5,6). The number of carboxylic acids is 2. The highest BCUT2D eigenvalue weighted by atomic mass is 16.6.